The van der Waals surface area contributed by atoms with Gasteiger partial charge in [-0.05, 0) is 71.3 Å². The van der Waals surface area contributed by atoms with Crippen LogP contribution in [0.1, 0.15) is 48.7 Å². The van der Waals surface area contributed by atoms with Gasteiger partial charge in [0.2, 0.25) is 0 Å². The Kier molecular flexibility index (Phi) is 7.46. The number of nitrogens with zero attached hydrogens (tertiary/aromatic N) is 4. The van der Waals surface area contributed by atoms with E-state index in [9.17, 15) is 27.6 Å². The molecule has 1 aliphatic heterocycles. The molecule has 2 aromatic carbocycles. The SMILES string of the molecule is CNC(=O)c1ccc(-n2c(=O)c3c(n4ncc(Cc5ccsc5)c24)CN(C(=O)c2ccc(C(F)(F)F)c(Br)c2)CC3)cc1. The second-order valence-corrected chi connectivity index (χ2v) is 11.7. The highest BCUT2D eigenvalue weighted by Crippen LogP contribution is 2.35. The molecule has 0 spiro atoms. The lowest BCUT2D eigenvalue weighted by Crippen LogP contribution is -2.41. The maximum atomic E-state index is 14.1. The largest absolute Gasteiger partial charge is 0.417 e. The summed E-state index contributed by atoms with van der Waals surface area (Å²) in [7, 11) is 1.54. The molecule has 1 N–H and O–H groups in total. The van der Waals surface area contributed by atoms with Gasteiger partial charge in [0.1, 0.15) is 5.65 Å². The van der Waals surface area contributed by atoms with Crippen LogP contribution in [-0.2, 0) is 25.6 Å². The molecular formula is C30H23BrF3N5O3S. The number of aromatic nitrogens is 3. The van der Waals surface area contributed by atoms with Crippen LogP contribution in [0.4, 0.5) is 13.2 Å². The summed E-state index contributed by atoms with van der Waals surface area (Å²) in [4.78, 5) is 41.2. The molecule has 0 saturated heterocycles. The van der Waals surface area contributed by atoms with Crippen molar-refractivity contribution in [2.45, 2.75) is 25.6 Å². The first-order valence-electron chi connectivity index (χ1n) is 13.2. The Morgan fingerprint density at radius 3 is 2.49 bits per heavy atom. The standard InChI is InChI=1S/C30H23BrF3N5O3S/c1-35-26(40)18-2-5-21(6-3-18)38-27-20(12-17-9-11-43-16-17)14-36-39(27)25-15-37(10-8-22(25)29(38)42)28(41)19-4-7-23(24(31)13-19)30(32,33)34/h2-7,9,11,13-14,16H,8,10,12,15H2,1H3,(H,35,40). The molecule has 8 nitrogen and oxygen atoms in total. The minimum Gasteiger partial charge on any atom is -0.355 e. The molecule has 0 bridgehead atoms. The first kappa shape index (κ1) is 28.9. The number of nitrogens with one attached hydrogen (secondary N) is 1. The summed E-state index contributed by atoms with van der Waals surface area (Å²) in [5, 5.41) is 11.2. The number of amides is 2. The lowest BCUT2D eigenvalue weighted by Gasteiger charge is -2.30. The number of benzene rings is 2. The zero-order valence-corrected chi connectivity index (χ0v) is 25.0. The molecule has 4 heterocycles. The fourth-order valence-electron chi connectivity index (χ4n) is 5.33. The summed E-state index contributed by atoms with van der Waals surface area (Å²) in [6, 6.07) is 11.9. The van der Waals surface area contributed by atoms with Crippen molar-refractivity contribution in [3.05, 3.63) is 119 Å². The van der Waals surface area contributed by atoms with Crippen molar-refractivity contribution in [1.82, 2.24) is 24.4 Å². The van der Waals surface area contributed by atoms with E-state index in [4.69, 9.17) is 0 Å². The Morgan fingerprint density at radius 2 is 1.84 bits per heavy atom. The summed E-state index contributed by atoms with van der Waals surface area (Å²) in [5.41, 5.74) is 3.40. The number of rotatable bonds is 5. The van der Waals surface area contributed by atoms with E-state index in [-0.39, 0.29) is 41.0 Å². The van der Waals surface area contributed by atoms with E-state index in [1.807, 2.05) is 16.8 Å². The van der Waals surface area contributed by atoms with E-state index in [0.29, 0.717) is 34.6 Å². The normalized spacial score (nSPS) is 13.3. The van der Waals surface area contributed by atoms with Crippen LogP contribution in [-0.4, -0.2) is 44.5 Å². The third kappa shape index (κ3) is 5.27. The van der Waals surface area contributed by atoms with Gasteiger partial charge in [-0.1, -0.05) is 15.9 Å². The third-order valence-electron chi connectivity index (χ3n) is 7.46. The average molecular weight is 671 g/mol. The van der Waals surface area contributed by atoms with Crippen LogP contribution in [0, 0.1) is 0 Å². The van der Waals surface area contributed by atoms with Gasteiger partial charge in [0.05, 0.1) is 29.7 Å². The average Bonchev–Trinajstić information content (AvgIpc) is 3.66. The number of fused-ring (bicyclic) bond motifs is 3. The summed E-state index contributed by atoms with van der Waals surface area (Å²) in [6.45, 7) is 0.248. The van der Waals surface area contributed by atoms with Gasteiger partial charge in [0.25, 0.3) is 17.4 Å². The Labute approximate surface area is 255 Å². The van der Waals surface area contributed by atoms with E-state index < -0.39 is 17.6 Å². The van der Waals surface area contributed by atoms with E-state index >= 15 is 0 Å². The smallest absolute Gasteiger partial charge is 0.355 e. The van der Waals surface area contributed by atoms with E-state index in [2.05, 4.69) is 26.3 Å². The van der Waals surface area contributed by atoms with Crippen LogP contribution in [0.2, 0.25) is 0 Å². The van der Waals surface area contributed by atoms with E-state index in [1.165, 1.54) is 11.0 Å². The predicted molar refractivity (Wildman–Crippen MR) is 159 cm³/mol. The molecule has 0 unspecified atom stereocenters. The van der Waals surface area contributed by atoms with Gasteiger partial charge in [0, 0.05) is 46.7 Å². The molecule has 0 saturated carbocycles. The number of hydrogen-bond acceptors (Lipinski definition) is 5. The summed E-state index contributed by atoms with van der Waals surface area (Å²) in [6.07, 6.45) is -2.10. The first-order valence-corrected chi connectivity index (χ1v) is 14.9. The first-order chi connectivity index (χ1) is 20.6. The monoisotopic (exact) mass is 669 g/mol. The zero-order chi connectivity index (χ0) is 30.5. The quantitative estimate of drug-likeness (QED) is 0.269. The maximum Gasteiger partial charge on any atom is 0.417 e. The number of thiophene rings is 1. The molecule has 0 fully saturated rings. The van der Waals surface area contributed by atoms with Crippen molar-refractivity contribution in [3.63, 3.8) is 0 Å². The lowest BCUT2D eigenvalue weighted by atomic mass is 10.0. The van der Waals surface area contributed by atoms with Crippen LogP contribution >= 0.6 is 27.3 Å². The molecule has 5 aromatic rings. The number of halogens is 4. The van der Waals surface area contributed by atoms with Gasteiger partial charge < -0.3 is 10.2 Å². The molecule has 0 aliphatic carbocycles. The molecule has 1 aliphatic rings. The predicted octanol–water partition coefficient (Wildman–Crippen LogP) is 5.48. The molecule has 0 radical (unpaired) electrons. The van der Waals surface area contributed by atoms with Crippen LogP contribution < -0.4 is 10.9 Å². The Morgan fingerprint density at radius 1 is 1.09 bits per heavy atom. The molecule has 43 heavy (non-hydrogen) atoms. The maximum absolute atomic E-state index is 14.1. The van der Waals surface area contributed by atoms with Gasteiger partial charge in [-0.3, -0.25) is 19.0 Å². The highest BCUT2D eigenvalue weighted by Gasteiger charge is 2.34. The second-order valence-electron chi connectivity index (χ2n) is 10.1. The number of hydrogen-bond donors (Lipinski definition) is 1. The van der Waals surface area contributed by atoms with Crippen molar-refractivity contribution in [2.24, 2.45) is 0 Å². The summed E-state index contributed by atoms with van der Waals surface area (Å²) >= 11 is 4.51. The molecule has 6 rings (SSSR count). The number of carbonyl (C=O) groups is 2. The highest BCUT2D eigenvalue weighted by molar-refractivity contribution is 9.10. The molecule has 0 atom stereocenters. The highest BCUT2D eigenvalue weighted by atomic mass is 79.9. The summed E-state index contributed by atoms with van der Waals surface area (Å²) < 4.78 is 42.8. The third-order valence-corrected chi connectivity index (χ3v) is 8.85. The van der Waals surface area contributed by atoms with Crippen LogP contribution in [0.15, 0.2) is 74.8 Å². The van der Waals surface area contributed by atoms with Crippen LogP contribution in [0.5, 0.6) is 0 Å². The van der Waals surface area contributed by atoms with E-state index in [1.54, 1.807) is 57.9 Å². The van der Waals surface area contributed by atoms with Crippen molar-refractivity contribution in [1.29, 1.82) is 0 Å². The fraction of sp³-hybridized carbons (Fsp3) is 0.200. The molecule has 220 valence electrons. The Hall–Kier alpha value is -4.23. The number of carbonyl (C=O) groups excluding carboxylic acids is 2. The molecule has 3 aromatic heterocycles. The molecular weight excluding hydrogens is 647 g/mol. The summed E-state index contributed by atoms with van der Waals surface area (Å²) in [5.74, 6) is -0.699. The fourth-order valence-corrected chi connectivity index (χ4v) is 6.60. The van der Waals surface area contributed by atoms with Crippen LogP contribution in [0.3, 0.4) is 0 Å². The molecule has 2 amide bonds. The van der Waals surface area contributed by atoms with Gasteiger partial charge >= 0.3 is 6.18 Å². The topological polar surface area (TPSA) is 88.7 Å². The van der Waals surface area contributed by atoms with Crippen molar-refractivity contribution < 1.29 is 22.8 Å². The molecule has 13 heteroatoms. The Bertz CT molecular complexity index is 1930. The van der Waals surface area contributed by atoms with E-state index in [0.717, 1.165) is 23.3 Å². The minimum atomic E-state index is -4.56. The Balaban J connectivity index is 1.44. The second kappa shape index (κ2) is 11.1. The van der Waals surface area contributed by atoms with Gasteiger partial charge in [-0.2, -0.15) is 29.6 Å². The minimum absolute atomic E-state index is 0.0502. The van der Waals surface area contributed by atoms with Gasteiger partial charge in [-0.15, -0.1) is 0 Å². The van der Waals surface area contributed by atoms with Crippen molar-refractivity contribution in [2.75, 3.05) is 13.6 Å². The van der Waals surface area contributed by atoms with Crippen molar-refractivity contribution >= 4 is 44.7 Å². The van der Waals surface area contributed by atoms with Crippen molar-refractivity contribution in [3.8, 4) is 5.69 Å². The van der Waals surface area contributed by atoms with Crippen LogP contribution in [0.25, 0.3) is 11.3 Å². The number of alkyl halides is 3. The zero-order valence-electron chi connectivity index (χ0n) is 22.6. The van der Waals surface area contributed by atoms with Gasteiger partial charge in [0.15, 0.2) is 0 Å². The van der Waals surface area contributed by atoms with Gasteiger partial charge in [-0.25, -0.2) is 4.52 Å². The lowest BCUT2D eigenvalue weighted by molar-refractivity contribution is -0.138.